The summed E-state index contributed by atoms with van der Waals surface area (Å²) in [5, 5.41) is 9.29. The highest BCUT2D eigenvalue weighted by Crippen LogP contribution is 2.37. The molecule has 0 saturated carbocycles. The van der Waals surface area contributed by atoms with E-state index in [-0.39, 0.29) is 11.2 Å². The largest absolute Gasteiger partial charge is 0.495 e. The summed E-state index contributed by atoms with van der Waals surface area (Å²) in [4.78, 5) is 0. The van der Waals surface area contributed by atoms with E-state index < -0.39 is 7.12 Å². The smallest absolute Gasteiger partial charge is 0.399 e. The lowest BCUT2D eigenvalue weighted by atomic mass is 9.74. The van der Waals surface area contributed by atoms with Crippen LogP contribution in [0.3, 0.4) is 0 Å². The van der Waals surface area contributed by atoms with Crippen LogP contribution in [0.1, 0.15) is 38.8 Å². The van der Waals surface area contributed by atoms with E-state index in [0.717, 1.165) is 23.0 Å². The fraction of sp³-hybridized carbons (Fsp3) is 0.438. The van der Waals surface area contributed by atoms with E-state index in [0.29, 0.717) is 0 Å². The number of nitrogens with zero attached hydrogens (tertiary/aromatic N) is 1. The second-order valence-electron chi connectivity index (χ2n) is 6.40. The Morgan fingerprint density at radius 2 is 1.80 bits per heavy atom. The first-order valence-electron chi connectivity index (χ1n) is 6.94. The van der Waals surface area contributed by atoms with Gasteiger partial charge in [0.1, 0.15) is 0 Å². The lowest BCUT2D eigenvalue weighted by molar-refractivity contribution is 0.00578. The van der Waals surface area contributed by atoms with Crippen LogP contribution in [0.25, 0.3) is 5.57 Å². The van der Waals surface area contributed by atoms with Gasteiger partial charge in [-0.1, -0.05) is 24.3 Å². The van der Waals surface area contributed by atoms with Gasteiger partial charge in [-0.15, -0.1) is 0 Å². The van der Waals surface area contributed by atoms with Crippen LogP contribution in [0.5, 0.6) is 0 Å². The molecule has 0 aromatic heterocycles. The molecule has 1 saturated heterocycles. The van der Waals surface area contributed by atoms with Crippen LogP contribution in [0.2, 0.25) is 0 Å². The molecular weight excluding hydrogens is 249 g/mol. The summed E-state index contributed by atoms with van der Waals surface area (Å²) in [7, 11) is -0.412. The molecule has 1 heterocycles. The molecule has 0 amide bonds. The van der Waals surface area contributed by atoms with Crippen molar-refractivity contribution in [1.29, 1.82) is 5.26 Å². The molecule has 1 fully saturated rings. The molecule has 0 bridgehead atoms. The van der Waals surface area contributed by atoms with Crippen LogP contribution >= 0.6 is 0 Å². The summed E-state index contributed by atoms with van der Waals surface area (Å²) >= 11 is 0. The Balaban J connectivity index is 2.05. The average molecular weight is 267 g/mol. The third-order valence-electron chi connectivity index (χ3n) is 4.61. The van der Waals surface area contributed by atoms with Crippen LogP contribution in [0.15, 0.2) is 24.3 Å². The monoisotopic (exact) mass is 267 g/mol. The minimum Gasteiger partial charge on any atom is -0.399 e. The van der Waals surface area contributed by atoms with Crippen molar-refractivity contribution in [3.8, 4) is 6.07 Å². The summed E-state index contributed by atoms with van der Waals surface area (Å²) in [6.45, 7) is 8.16. The van der Waals surface area contributed by atoms with Gasteiger partial charge in [0.25, 0.3) is 0 Å². The molecule has 1 aromatic rings. The van der Waals surface area contributed by atoms with E-state index in [9.17, 15) is 5.26 Å². The van der Waals surface area contributed by atoms with Crippen molar-refractivity contribution in [2.24, 2.45) is 0 Å². The molecule has 0 atom stereocenters. The molecule has 1 aliphatic carbocycles. The van der Waals surface area contributed by atoms with Crippen LogP contribution in [-0.2, 0) is 15.7 Å². The van der Waals surface area contributed by atoms with E-state index >= 15 is 0 Å². The minimum absolute atomic E-state index is 0.366. The third kappa shape index (κ3) is 1.82. The molecular formula is C16H18BNO2. The van der Waals surface area contributed by atoms with Crippen molar-refractivity contribution >= 4 is 18.2 Å². The van der Waals surface area contributed by atoms with Gasteiger partial charge in [-0.25, -0.2) is 0 Å². The zero-order valence-electron chi connectivity index (χ0n) is 12.4. The SMILES string of the molecule is CC1(C)OB(c2cccc3c2C(C#N)=CC3)OC1(C)C. The molecule has 1 aromatic carbocycles. The Morgan fingerprint density at radius 1 is 1.15 bits per heavy atom. The van der Waals surface area contributed by atoms with Gasteiger partial charge in [-0.2, -0.15) is 5.26 Å². The number of benzene rings is 1. The lowest BCUT2D eigenvalue weighted by Crippen LogP contribution is -2.41. The maximum atomic E-state index is 9.29. The standard InChI is InChI=1S/C16H18BNO2/c1-15(2)16(3,4)20-17(19-15)13-7-5-6-11-8-9-12(10-18)14(11)13/h5-7,9H,8H2,1-4H3. The van der Waals surface area contributed by atoms with E-state index in [1.165, 1.54) is 5.56 Å². The van der Waals surface area contributed by atoms with Gasteiger partial charge in [0.05, 0.1) is 22.8 Å². The van der Waals surface area contributed by atoms with Crippen LogP contribution in [0.4, 0.5) is 0 Å². The van der Waals surface area contributed by atoms with Crippen molar-refractivity contribution in [2.45, 2.75) is 45.3 Å². The van der Waals surface area contributed by atoms with Gasteiger partial charge in [0, 0.05) is 0 Å². The average Bonchev–Trinajstić information content (AvgIpc) is 2.88. The first-order chi connectivity index (χ1) is 9.36. The second kappa shape index (κ2) is 4.21. The first-order valence-corrected chi connectivity index (χ1v) is 6.94. The topological polar surface area (TPSA) is 42.2 Å². The highest BCUT2D eigenvalue weighted by molar-refractivity contribution is 6.63. The molecule has 20 heavy (non-hydrogen) atoms. The van der Waals surface area contributed by atoms with Gasteiger partial charge < -0.3 is 9.31 Å². The van der Waals surface area contributed by atoms with Crippen molar-refractivity contribution in [2.75, 3.05) is 0 Å². The van der Waals surface area contributed by atoms with E-state index in [2.05, 4.69) is 12.1 Å². The minimum atomic E-state index is -0.412. The molecule has 1 aliphatic heterocycles. The van der Waals surface area contributed by atoms with Gasteiger partial charge in [0.15, 0.2) is 0 Å². The summed E-state index contributed by atoms with van der Waals surface area (Å²) in [6.07, 6.45) is 2.78. The zero-order chi connectivity index (χ0) is 14.5. The number of hydrogen-bond acceptors (Lipinski definition) is 3. The van der Waals surface area contributed by atoms with Crippen molar-refractivity contribution < 1.29 is 9.31 Å². The molecule has 0 radical (unpaired) electrons. The van der Waals surface area contributed by atoms with Crippen molar-refractivity contribution in [3.05, 3.63) is 35.4 Å². The Hall–Kier alpha value is -1.57. The molecule has 3 nitrogen and oxygen atoms in total. The summed E-state index contributed by atoms with van der Waals surface area (Å²) in [6, 6.07) is 8.34. The van der Waals surface area contributed by atoms with Crippen molar-refractivity contribution in [1.82, 2.24) is 0 Å². The molecule has 0 spiro atoms. The number of nitriles is 1. The normalized spacial score (nSPS) is 22.4. The number of hydrogen-bond donors (Lipinski definition) is 0. The van der Waals surface area contributed by atoms with Gasteiger partial charge >= 0.3 is 7.12 Å². The molecule has 2 aliphatic rings. The highest BCUT2D eigenvalue weighted by atomic mass is 16.7. The van der Waals surface area contributed by atoms with Crippen LogP contribution < -0.4 is 5.46 Å². The van der Waals surface area contributed by atoms with Gasteiger partial charge in [0.2, 0.25) is 0 Å². The number of allylic oxidation sites excluding steroid dienone is 2. The molecule has 4 heteroatoms. The fourth-order valence-electron chi connectivity index (χ4n) is 2.70. The Kier molecular flexibility index (Phi) is 2.83. The van der Waals surface area contributed by atoms with Crippen molar-refractivity contribution in [3.63, 3.8) is 0 Å². The number of rotatable bonds is 1. The maximum absolute atomic E-state index is 9.29. The van der Waals surface area contributed by atoms with E-state index in [1.54, 1.807) is 0 Å². The van der Waals surface area contributed by atoms with E-state index in [4.69, 9.17) is 9.31 Å². The summed E-state index contributed by atoms with van der Waals surface area (Å²) < 4.78 is 12.2. The first kappa shape index (κ1) is 13.4. The van der Waals surface area contributed by atoms with Crippen LogP contribution in [-0.4, -0.2) is 18.3 Å². The maximum Gasteiger partial charge on any atom is 0.495 e. The Morgan fingerprint density at radius 3 is 2.40 bits per heavy atom. The molecule has 0 unspecified atom stereocenters. The fourth-order valence-corrected chi connectivity index (χ4v) is 2.70. The number of fused-ring (bicyclic) bond motifs is 1. The summed E-state index contributed by atoms with van der Waals surface area (Å²) in [5.41, 5.74) is 3.13. The highest BCUT2D eigenvalue weighted by Gasteiger charge is 2.52. The third-order valence-corrected chi connectivity index (χ3v) is 4.61. The van der Waals surface area contributed by atoms with Gasteiger partial charge in [-0.3, -0.25) is 0 Å². The second-order valence-corrected chi connectivity index (χ2v) is 6.40. The predicted octanol–water partition coefficient (Wildman–Crippen LogP) is 2.45. The Labute approximate surface area is 120 Å². The Bertz CT molecular complexity index is 624. The van der Waals surface area contributed by atoms with Gasteiger partial charge in [-0.05, 0) is 50.7 Å². The predicted molar refractivity (Wildman–Crippen MR) is 79.5 cm³/mol. The molecule has 102 valence electrons. The summed E-state index contributed by atoms with van der Waals surface area (Å²) in [5.74, 6) is 0. The molecule has 0 N–H and O–H groups in total. The van der Waals surface area contributed by atoms with Crippen LogP contribution in [0, 0.1) is 11.3 Å². The molecule has 3 rings (SSSR count). The quantitative estimate of drug-likeness (QED) is 0.734. The zero-order valence-corrected chi connectivity index (χ0v) is 12.4. The van der Waals surface area contributed by atoms with E-state index in [1.807, 2.05) is 45.9 Å². The lowest BCUT2D eigenvalue weighted by Gasteiger charge is -2.32.